The first kappa shape index (κ1) is 23.3. The molecule has 34 heavy (non-hydrogen) atoms. The summed E-state index contributed by atoms with van der Waals surface area (Å²) in [6, 6.07) is 9.87. The molecule has 4 heterocycles. The van der Waals surface area contributed by atoms with Crippen molar-refractivity contribution in [1.29, 1.82) is 0 Å². The van der Waals surface area contributed by atoms with E-state index < -0.39 is 12.1 Å². The molecule has 1 aromatic carbocycles. The fraction of sp³-hybridized carbons (Fsp3) is 0.375. The number of hydrogen-bond donors (Lipinski definition) is 2. The number of methoxy groups -OCH3 is 1. The molecule has 0 radical (unpaired) electrons. The third-order valence-corrected chi connectivity index (χ3v) is 9.05. The molecule has 4 aromatic rings. The van der Waals surface area contributed by atoms with Gasteiger partial charge in [0.05, 0.1) is 28.0 Å². The van der Waals surface area contributed by atoms with Gasteiger partial charge in [0.25, 0.3) is 0 Å². The van der Waals surface area contributed by atoms with E-state index in [0.717, 1.165) is 39.0 Å². The van der Waals surface area contributed by atoms with Gasteiger partial charge in [0, 0.05) is 20.8 Å². The molecule has 7 nitrogen and oxygen atoms in total. The molecule has 178 valence electrons. The maximum atomic E-state index is 13.4. The fourth-order valence-electron chi connectivity index (χ4n) is 4.48. The highest BCUT2D eigenvalue weighted by Crippen LogP contribution is 2.41. The summed E-state index contributed by atoms with van der Waals surface area (Å²) in [6.45, 7) is 4.47. The minimum Gasteiger partial charge on any atom is -0.453 e. The molecule has 2 atom stereocenters. The average Bonchev–Trinajstić information content (AvgIpc) is 3.57. The number of halogens is 1. The molecule has 0 saturated carbocycles. The van der Waals surface area contributed by atoms with Gasteiger partial charge in [-0.05, 0) is 64.5 Å². The number of ether oxygens (including phenoxy) is 1. The largest absolute Gasteiger partial charge is 0.453 e. The highest BCUT2D eigenvalue weighted by molar-refractivity contribution is 9.11. The monoisotopic (exact) mass is 560 g/mol. The van der Waals surface area contributed by atoms with Crippen LogP contribution in [0.4, 0.5) is 4.79 Å². The van der Waals surface area contributed by atoms with Crippen molar-refractivity contribution < 1.29 is 14.3 Å². The molecule has 5 rings (SSSR count). The molecule has 0 bridgehead atoms. The summed E-state index contributed by atoms with van der Waals surface area (Å²) in [5.41, 5.74) is 2.99. The van der Waals surface area contributed by atoms with Crippen molar-refractivity contribution in [3.63, 3.8) is 0 Å². The van der Waals surface area contributed by atoms with Crippen molar-refractivity contribution in [2.45, 2.75) is 38.8 Å². The number of rotatable bonds is 5. The molecule has 1 saturated heterocycles. The van der Waals surface area contributed by atoms with Crippen LogP contribution in [0.25, 0.3) is 30.9 Å². The molecule has 3 aromatic heterocycles. The molecular formula is C24H25BrN4O3S2. The molecule has 1 aliphatic rings. The number of carbonyl (C=O) groups excluding carboxylic acids is 2. The van der Waals surface area contributed by atoms with Gasteiger partial charge in [0.1, 0.15) is 11.9 Å². The molecule has 2 amide bonds. The Morgan fingerprint density at radius 2 is 2.03 bits per heavy atom. The average molecular weight is 562 g/mol. The number of nitrogens with zero attached hydrogens (tertiary/aromatic N) is 2. The van der Waals surface area contributed by atoms with E-state index in [0.29, 0.717) is 6.54 Å². The van der Waals surface area contributed by atoms with Crippen LogP contribution in [0.1, 0.15) is 38.6 Å². The van der Waals surface area contributed by atoms with Gasteiger partial charge in [-0.15, -0.1) is 22.7 Å². The summed E-state index contributed by atoms with van der Waals surface area (Å²) in [4.78, 5) is 36.5. The van der Waals surface area contributed by atoms with E-state index in [2.05, 4.69) is 50.5 Å². The van der Waals surface area contributed by atoms with Crippen LogP contribution in [0.5, 0.6) is 0 Å². The van der Waals surface area contributed by atoms with Gasteiger partial charge in [0.15, 0.2) is 0 Å². The Kier molecular flexibility index (Phi) is 6.39. The second-order valence-electron chi connectivity index (χ2n) is 8.79. The maximum Gasteiger partial charge on any atom is 0.407 e. The summed E-state index contributed by atoms with van der Waals surface area (Å²) in [6.07, 6.45) is 1.13. The zero-order valence-corrected chi connectivity index (χ0v) is 22.3. The second kappa shape index (κ2) is 9.31. The second-order valence-corrected chi connectivity index (χ2v) is 12.3. The van der Waals surface area contributed by atoms with Gasteiger partial charge in [0.2, 0.25) is 5.91 Å². The number of amides is 2. The van der Waals surface area contributed by atoms with Crippen molar-refractivity contribution in [2.24, 2.45) is 5.92 Å². The van der Waals surface area contributed by atoms with Gasteiger partial charge < -0.3 is 19.9 Å². The third-order valence-electron chi connectivity index (χ3n) is 6.20. The standard InChI is InChI=1S/C24H25BrN4O3S2/c1-12(2)21(28-24(31)32-3)23(30)29-8-4-5-16(29)22-26-14-7-6-13(9-15(14)27-22)17-10-18-19(33-17)11-20(25)34-18/h6-7,9-12,16,21H,4-5,8H2,1-3H3,(H,26,27)(H,28,31)/t16?,21-/m0/s1. The molecule has 0 aliphatic carbocycles. The first-order valence-electron chi connectivity index (χ1n) is 11.2. The van der Waals surface area contributed by atoms with E-state index in [9.17, 15) is 9.59 Å². The van der Waals surface area contributed by atoms with Gasteiger partial charge in [-0.1, -0.05) is 19.9 Å². The highest BCUT2D eigenvalue weighted by atomic mass is 79.9. The molecule has 1 aliphatic heterocycles. The lowest BCUT2D eigenvalue weighted by molar-refractivity contribution is -0.135. The van der Waals surface area contributed by atoms with Gasteiger partial charge in [-0.2, -0.15) is 0 Å². The van der Waals surface area contributed by atoms with Crippen molar-refractivity contribution >= 4 is 71.0 Å². The maximum absolute atomic E-state index is 13.4. The van der Waals surface area contributed by atoms with E-state index in [4.69, 9.17) is 9.72 Å². The number of aromatic amines is 1. The molecule has 0 spiro atoms. The van der Waals surface area contributed by atoms with Crippen LogP contribution in [0, 0.1) is 5.92 Å². The number of fused-ring (bicyclic) bond motifs is 2. The molecule has 1 unspecified atom stereocenters. The molecule has 10 heteroatoms. The number of H-pyrrole nitrogens is 1. The van der Waals surface area contributed by atoms with E-state index >= 15 is 0 Å². The lowest BCUT2D eigenvalue weighted by Gasteiger charge is -2.29. The zero-order chi connectivity index (χ0) is 24.0. The number of aromatic nitrogens is 2. The van der Waals surface area contributed by atoms with Crippen LogP contribution < -0.4 is 5.32 Å². The molecular weight excluding hydrogens is 536 g/mol. The van der Waals surface area contributed by atoms with Crippen LogP contribution >= 0.6 is 38.6 Å². The third kappa shape index (κ3) is 4.34. The lowest BCUT2D eigenvalue weighted by atomic mass is 10.0. The Morgan fingerprint density at radius 3 is 2.76 bits per heavy atom. The molecule has 1 fully saturated rings. The summed E-state index contributed by atoms with van der Waals surface area (Å²) in [5.74, 6) is 0.621. The van der Waals surface area contributed by atoms with E-state index in [1.807, 2.05) is 24.8 Å². The van der Waals surface area contributed by atoms with Gasteiger partial charge in [-0.3, -0.25) is 4.79 Å². The highest BCUT2D eigenvalue weighted by Gasteiger charge is 2.37. The van der Waals surface area contributed by atoms with Crippen LogP contribution in [0.15, 0.2) is 34.1 Å². The van der Waals surface area contributed by atoms with Gasteiger partial charge in [-0.25, -0.2) is 9.78 Å². The lowest BCUT2D eigenvalue weighted by Crippen LogP contribution is -2.51. The number of thiophene rings is 2. The van der Waals surface area contributed by atoms with Crippen molar-refractivity contribution in [1.82, 2.24) is 20.2 Å². The van der Waals surface area contributed by atoms with E-state index in [-0.39, 0.29) is 17.9 Å². The Balaban J connectivity index is 1.42. The summed E-state index contributed by atoms with van der Waals surface area (Å²) < 4.78 is 8.42. The summed E-state index contributed by atoms with van der Waals surface area (Å²) in [5, 5.41) is 2.70. The first-order valence-corrected chi connectivity index (χ1v) is 13.6. The number of benzene rings is 1. The number of hydrogen-bond acceptors (Lipinski definition) is 6. The number of nitrogens with one attached hydrogen (secondary N) is 2. The molecule has 2 N–H and O–H groups in total. The minimum atomic E-state index is -0.642. The van der Waals surface area contributed by atoms with E-state index in [1.54, 1.807) is 22.7 Å². The van der Waals surface area contributed by atoms with Gasteiger partial charge >= 0.3 is 6.09 Å². The zero-order valence-electron chi connectivity index (χ0n) is 19.1. The van der Waals surface area contributed by atoms with Crippen LogP contribution in [0.3, 0.4) is 0 Å². The first-order chi connectivity index (χ1) is 16.3. The smallest absolute Gasteiger partial charge is 0.407 e. The van der Waals surface area contributed by atoms with Crippen LogP contribution in [0.2, 0.25) is 0 Å². The van der Waals surface area contributed by atoms with Crippen molar-refractivity contribution in [3.8, 4) is 10.4 Å². The Morgan fingerprint density at radius 1 is 1.24 bits per heavy atom. The number of likely N-dealkylation sites (tertiary alicyclic amines) is 1. The minimum absolute atomic E-state index is 0.0628. The topological polar surface area (TPSA) is 87.3 Å². The predicted molar refractivity (Wildman–Crippen MR) is 140 cm³/mol. The Bertz CT molecular complexity index is 1340. The normalized spacial score (nSPS) is 17.1. The van der Waals surface area contributed by atoms with Crippen LogP contribution in [-0.4, -0.2) is 46.6 Å². The predicted octanol–water partition coefficient (Wildman–Crippen LogP) is 6.31. The number of alkyl carbamates (subject to hydrolysis) is 1. The Hall–Kier alpha value is -2.43. The summed E-state index contributed by atoms with van der Waals surface area (Å²) >= 11 is 7.07. The Labute approximate surface area is 213 Å². The van der Waals surface area contributed by atoms with Crippen molar-refractivity contribution in [3.05, 3.63) is 39.9 Å². The number of imidazole rings is 1. The summed E-state index contributed by atoms with van der Waals surface area (Å²) in [7, 11) is 1.30. The number of carbonyl (C=O) groups is 2. The quantitative estimate of drug-likeness (QED) is 0.299. The fourth-order valence-corrected chi connectivity index (χ4v) is 7.50. The SMILES string of the molecule is COC(=O)N[C@H](C(=O)N1CCCC1c1nc2ccc(-c3cc4sc(Br)cc4s3)cc2[nH]1)C(C)C. The van der Waals surface area contributed by atoms with Crippen LogP contribution in [-0.2, 0) is 9.53 Å². The van der Waals surface area contributed by atoms with E-state index in [1.165, 1.54) is 21.4 Å². The van der Waals surface area contributed by atoms with Crippen molar-refractivity contribution in [2.75, 3.05) is 13.7 Å².